The van der Waals surface area contributed by atoms with Gasteiger partial charge in [-0.05, 0) is 63.1 Å². The predicted octanol–water partition coefficient (Wildman–Crippen LogP) is 5.31. The van der Waals surface area contributed by atoms with Gasteiger partial charge in [0.2, 0.25) is 0 Å². The van der Waals surface area contributed by atoms with Gasteiger partial charge in [-0.1, -0.05) is 59.8 Å². The van der Waals surface area contributed by atoms with Crippen molar-refractivity contribution in [3.8, 4) is 11.8 Å². The molecule has 0 aliphatic heterocycles. The van der Waals surface area contributed by atoms with E-state index in [0.29, 0.717) is 5.03 Å². The molecule has 0 fully saturated rings. The van der Waals surface area contributed by atoms with Gasteiger partial charge in [-0.25, -0.2) is 9.78 Å². The van der Waals surface area contributed by atoms with Gasteiger partial charge in [0, 0.05) is 5.03 Å². The zero-order chi connectivity index (χ0) is 19.4. The van der Waals surface area contributed by atoms with Gasteiger partial charge in [-0.3, -0.25) is 0 Å². The van der Waals surface area contributed by atoms with E-state index >= 15 is 0 Å². The Morgan fingerprint density at radius 1 is 1.04 bits per heavy atom. The van der Waals surface area contributed by atoms with Gasteiger partial charge in [0.1, 0.15) is 6.10 Å². The molecule has 0 aliphatic carbocycles. The Hall–Kier alpha value is -1.83. The molecule has 0 heterocycles. The zero-order valence-corrected chi connectivity index (χ0v) is 16.6. The number of aliphatic hydroxyl groups is 1. The van der Waals surface area contributed by atoms with Crippen molar-refractivity contribution in [3.05, 3.63) is 54.1 Å². The standard InChI is InChI=1S/C22H25ClO3/c1-21(2,3)25-26-22(4,5)13-12-19(24)15-20(23)18-11-10-16-8-6-7-9-17(16)14-18/h6-11,14-15,19,24H,1-5H3. The highest BCUT2D eigenvalue weighted by Gasteiger charge is 2.21. The molecule has 1 atom stereocenters. The molecule has 2 aromatic rings. The second kappa shape index (κ2) is 8.24. The first-order chi connectivity index (χ1) is 12.1. The quantitative estimate of drug-likeness (QED) is 0.449. The van der Waals surface area contributed by atoms with E-state index in [0.717, 1.165) is 16.3 Å². The summed E-state index contributed by atoms with van der Waals surface area (Å²) in [5, 5.41) is 12.8. The lowest BCUT2D eigenvalue weighted by Gasteiger charge is -2.24. The van der Waals surface area contributed by atoms with Gasteiger partial charge >= 0.3 is 0 Å². The van der Waals surface area contributed by atoms with E-state index in [2.05, 4.69) is 11.8 Å². The van der Waals surface area contributed by atoms with Crippen molar-refractivity contribution in [2.24, 2.45) is 0 Å². The second-order valence-electron chi connectivity index (χ2n) is 7.58. The molecular weight excluding hydrogens is 348 g/mol. The summed E-state index contributed by atoms with van der Waals surface area (Å²) < 4.78 is 0. The summed E-state index contributed by atoms with van der Waals surface area (Å²) in [5.41, 5.74) is -0.452. The van der Waals surface area contributed by atoms with Crippen LogP contribution in [0.4, 0.5) is 0 Å². The average molecular weight is 373 g/mol. The van der Waals surface area contributed by atoms with Crippen LogP contribution in [0, 0.1) is 11.8 Å². The van der Waals surface area contributed by atoms with Gasteiger partial charge in [0.15, 0.2) is 5.60 Å². The zero-order valence-electron chi connectivity index (χ0n) is 15.8. The first kappa shape index (κ1) is 20.5. The topological polar surface area (TPSA) is 38.7 Å². The van der Waals surface area contributed by atoms with Gasteiger partial charge in [0.25, 0.3) is 0 Å². The molecule has 26 heavy (non-hydrogen) atoms. The van der Waals surface area contributed by atoms with E-state index in [4.69, 9.17) is 21.4 Å². The lowest BCUT2D eigenvalue weighted by atomic mass is 10.1. The fraction of sp³-hybridized carbons (Fsp3) is 0.364. The molecule has 1 N–H and O–H groups in total. The van der Waals surface area contributed by atoms with Crippen molar-refractivity contribution >= 4 is 27.4 Å². The maximum Gasteiger partial charge on any atom is 0.158 e. The van der Waals surface area contributed by atoms with Crippen molar-refractivity contribution < 1.29 is 14.9 Å². The minimum Gasteiger partial charge on any atom is -0.377 e. The molecule has 0 saturated heterocycles. The minimum atomic E-state index is -1.01. The molecular formula is C22H25ClO3. The lowest BCUT2D eigenvalue weighted by molar-refractivity contribution is -0.384. The van der Waals surface area contributed by atoms with E-state index in [1.165, 1.54) is 6.08 Å². The normalized spacial score (nSPS) is 14.0. The van der Waals surface area contributed by atoms with Crippen LogP contribution in [0.15, 0.2) is 48.5 Å². The van der Waals surface area contributed by atoms with Crippen molar-refractivity contribution in [3.63, 3.8) is 0 Å². The first-order valence-corrected chi connectivity index (χ1v) is 8.88. The van der Waals surface area contributed by atoms with E-state index in [9.17, 15) is 5.11 Å². The molecule has 0 bridgehead atoms. The Kier molecular flexibility index (Phi) is 6.49. The third-order valence-corrected chi connectivity index (χ3v) is 3.69. The van der Waals surface area contributed by atoms with Gasteiger partial charge in [0.05, 0.1) is 5.60 Å². The highest BCUT2D eigenvalue weighted by molar-refractivity contribution is 6.48. The molecule has 0 aliphatic rings. The number of hydrogen-bond acceptors (Lipinski definition) is 3. The largest absolute Gasteiger partial charge is 0.377 e. The summed E-state index contributed by atoms with van der Waals surface area (Å²) in [7, 11) is 0. The van der Waals surface area contributed by atoms with Gasteiger partial charge < -0.3 is 5.11 Å². The maximum absolute atomic E-state index is 10.2. The number of fused-ring (bicyclic) bond motifs is 1. The Morgan fingerprint density at radius 3 is 2.35 bits per heavy atom. The Labute approximate surface area is 160 Å². The molecule has 1 unspecified atom stereocenters. The fourth-order valence-electron chi connectivity index (χ4n) is 2.11. The molecule has 0 amide bonds. The SMILES string of the molecule is CC(C)(C)OOC(C)(C)C#CC(O)C=C(Cl)c1ccc2ccccc2c1. The van der Waals surface area contributed by atoms with E-state index < -0.39 is 17.3 Å². The van der Waals surface area contributed by atoms with Crippen LogP contribution in [-0.2, 0) is 9.78 Å². The van der Waals surface area contributed by atoms with Crippen molar-refractivity contribution in [2.75, 3.05) is 0 Å². The Bertz CT molecular complexity index is 851. The summed E-state index contributed by atoms with van der Waals surface area (Å²) >= 11 is 6.35. The van der Waals surface area contributed by atoms with Crippen LogP contribution in [0.2, 0.25) is 0 Å². The Balaban J connectivity index is 2.10. The molecule has 0 saturated carbocycles. The molecule has 4 heteroatoms. The summed E-state index contributed by atoms with van der Waals surface area (Å²) in [4.78, 5) is 10.6. The highest BCUT2D eigenvalue weighted by atomic mass is 35.5. The third kappa shape index (κ3) is 6.48. The van der Waals surface area contributed by atoms with Crippen LogP contribution in [0.3, 0.4) is 0 Å². The van der Waals surface area contributed by atoms with Crippen LogP contribution in [-0.4, -0.2) is 22.4 Å². The summed E-state index contributed by atoms with van der Waals surface area (Å²) in [6.07, 6.45) is 0.505. The lowest BCUT2D eigenvalue weighted by Crippen LogP contribution is -2.29. The summed E-state index contributed by atoms with van der Waals surface area (Å²) in [6, 6.07) is 13.9. The number of halogens is 1. The number of hydrogen-bond donors (Lipinski definition) is 1. The molecule has 0 radical (unpaired) electrons. The number of aliphatic hydroxyl groups excluding tert-OH is 1. The van der Waals surface area contributed by atoms with Crippen molar-refractivity contribution in [1.29, 1.82) is 0 Å². The van der Waals surface area contributed by atoms with Crippen LogP contribution >= 0.6 is 11.6 Å². The van der Waals surface area contributed by atoms with Crippen molar-refractivity contribution in [2.45, 2.75) is 51.9 Å². The van der Waals surface area contributed by atoms with Gasteiger partial charge in [-0.2, -0.15) is 0 Å². The summed E-state index contributed by atoms with van der Waals surface area (Å²) in [5.74, 6) is 5.60. The minimum absolute atomic E-state index is 0.434. The molecule has 2 aromatic carbocycles. The van der Waals surface area contributed by atoms with Crippen LogP contribution in [0.25, 0.3) is 15.8 Å². The first-order valence-electron chi connectivity index (χ1n) is 8.50. The van der Waals surface area contributed by atoms with E-state index in [1.807, 2.05) is 63.2 Å². The fourth-order valence-corrected chi connectivity index (χ4v) is 2.35. The van der Waals surface area contributed by atoms with Crippen molar-refractivity contribution in [1.82, 2.24) is 0 Å². The van der Waals surface area contributed by atoms with Crippen LogP contribution < -0.4 is 0 Å². The second-order valence-corrected chi connectivity index (χ2v) is 7.99. The molecule has 0 aromatic heterocycles. The molecule has 2 rings (SSSR count). The smallest absolute Gasteiger partial charge is 0.158 e. The average Bonchev–Trinajstić information content (AvgIpc) is 2.57. The third-order valence-electron chi connectivity index (χ3n) is 3.35. The van der Waals surface area contributed by atoms with Crippen LogP contribution in [0.1, 0.15) is 40.2 Å². The van der Waals surface area contributed by atoms with Crippen LogP contribution in [0.5, 0.6) is 0 Å². The highest BCUT2D eigenvalue weighted by Crippen LogP contribution is 2.24. The van der Waals surface area contributed by atoms with E-state index in [-0.39, 0.29) is 0 Å². The van der Waals surface area contributed by atoms with E-state index in [1.54, 1.807) is 13.8 Å². The predicted molar refractivity (Wildman–Crippen MR) is 108 cm³/mol. The molecule has 3 nitrogen and oxygen atoms in total. The number of rotatable bonds is 4. The van der Waals surface area contributed by atoms with Gasteiger partial charge in [-0.15, -0.1) is 0 Å². The summed E-state index contributed by atoms with van der Waals surface area (Å²) in [6.45, 7) is 9.20. The molecule has 0 spiro atoms. The number of benzene rings is 2. The molecule has 138 valence electrons. The Morgan fingerprint density at radius 2 is 1.69 bits per heavy atom. The monoisotopic (exact) mass is 372 g/mol. The maximum atomic E-state index is 10.2.